The van der Waals surface area contributed by atoms with Gasteiger partial charge in [0.25, 0.3) is 11.7 Å². The Morgan fingerprint density at radius 1 is 1.33 bits per heavy atom. The van der Waals surface area contributed by atoms with Crippen LogP contribution in [-0.4, -0.2) is 17.9 Å². The lowest BCUT2D eigenvalue weighted by atomic mass is 10.1. The molecule has 98 valence electrons. The molecule has 0 aliphatic heterocycles. The van der Waals surface area contributed by atoms with Crippen LogP contribution in [0, 0.1) is 11.3 Å². The van der Waals surface area contributed by atoms with Crippen LogP contribution < -0.4 is 10.9 Å². The molecule has 1 aliphatic carbocycles. The molecule has 0 aromatic carbocycles. The predicted molar refractivity (Wildman–Crippen MR) is 53.4 cm³/mol. The summed E-state index contributed by atoms with van der Waals surface area (Å²) in [6.45, 7) is 0. The van der Waals surface area contributed by atoms with Gasteiger partial charge in [0.05, 0.1) is 6.07 Å². The number of nitrogens with zero attached hydrogens (tertiary/aromatic N) is 1. The fraction of sp³-hybridized carbons (Fsp3) is 0.500. The number of alkyl halides is 3. The quantitative estimate of drug-likeness (QED) is 0.742. The molecule has 1 amide bonds. The highest BCUT2D eigenvalue weighted by Gasteiger charge is 2.42. The van der Waals surface area contributed by atoms with Gasteiger partial charge in [0.1, 0.15) is 6.42 Å². The Morgan fingerprint density at radius 2 is 2.00 bits per heavy atom. The normalized spacial score (nSPS) is 15.2. The topological polar surface area (TPSA) is 82.0 Å². The van der Waals surface area contributed by atoms with Crippen molar-refractivity contribution in [2.45, 2.75) is 31.9 Å². The van der Waals surface area contributed by atoms with Gasteiger partial charge in [0.15, 0.2) is 0 Å². The summed E-state index contributed by atoms with van der Waals surface area (Å²) in [6.07, 6.45) is -4.64. The standard InChI is InChI=1S/C10H10F3N3O2/c11-10(12,13)9(18)6-2-1-3-7(6)15-16-8(17)4-5-14/h15H,1-4H2,(H,16,17). The monoisotopic (exact) mass is 261 g/mol. The van der Waals surface area contributed by atoms with Crippen LogP contribution in [0.15, 0.2) is 11.3 Å². The number of amides is 1. The predicted octanol–water partition coefficient (Wildman–Crippen LogP) is 1.09. The number of ketones is 1. The molecule has 5 nitrogen and oxygen atoms in total. The maximum Gasteiger partial charge on any atom is 0.454 e. The second-order valence-electron chi connectivity index (χ2n) is 3.65. The van der Waals surface area contributed by atoms with Crippen LogP contribution in [0.25, 0.3) is 0 Å². The molecule has 0 fully saturated rings. The molecule has 0 saturated carbocycles. The number of hydrogen-bond donors (Lipinski definition) is 2. The van der Waals surface area contributed by atoms with Gasteiger partial charge in [-0.2, -0.15) is 18.4 Å². The van der Waals surface area contributed by atoms with E-state index in [4.69, 9.17) is 5.26 Å². The molecule has 8 heteroatoms. The molecule has 0 unspecified atom stereocenters. The number of hydrogen-bond acceptors (Lipinski definition) is 4. The van der Waals surface area contributed by atoms with Crippen molar-refractivity contribution in [1.29, 1.82) is 5.26 Å². The molecule has 0 heterocycles. The molecular formula is C10H10F3N3O2. The highest BCUT2D eigenvalue weighted by atomic mass is 19.4. The zero-order chi connectivity index (χ0) is 13.8. The van der Waals surface area contributed by atoms with Crippen molar-refractivity contribution < 1.29 is 22.8 Å². The van der Waals surface area contributed by atoms with E-state index < -0.39 is 24.3 Å². The molecule has 1 aliphatic rings. The van der Waals surface area contributed by atoms with E-state index >= 15 is 0 Å². The first kappa shape index (κ1) is 14.0. The van der Waals surface area contributed by atoms with Crippen LogP contribution in [0.4, 0.5) is 13.2 Å². The van der Waals surface area contributed by atoms with Crippen molar-refractivity contribution in [3.63, 3.8) is 0 Å². The minimum atomic E-state index is -4.91. The number of carbonyl (C=O) groups excluding carboxylic acids is 2. The van der Waals surface area contributed by atoms with Crippen molar-refractivity contribution in [3.8, 4) is 6.07 Å². The van der Waals surface area contributed by atoms with Crippen LogP contribution in [-0.2, 0) is 9.59 Å². The SMILES string of the molecule is N#CCC(=O)NNC1=C(C(=O)C(F)(F)F)CCC1. The summed E-state index contributed by atoms with van der Waals surface area (Å²) >= 11 is 0. The Morgan fingerprint density at radius 3 is 2.56 bits per heavy atom. The Kier molecular flexibility index (Phi) is 4.31. The first-order chi connectivity index (χ1) is 8.36. The van der Waals surface area contributed by atoms with Crippen LogP contribution in [0.3, 0.4) is 0 Å². The third-order valence-electron chi connectivity index (χ3n) is 2.34. The largest absolute Gasteiger partial charge is 0.454 e. The molecule has 0 saturated heterocycles. The van der Waals surface area contributed by atoms with Gasteiger partial charge in [-0.15, -0.1) is 0 Å². The van der Waals surface area contributed by atoms with Crippen LogP contribution in [0.2, 0.25) is 0 Å². The minimum Gasteiger partial charge on any atom is -0.302 e. The van der Waals surface area contributed by atoms with E-state index in [9.17, 15) is 22.8 Å². The van der Waals surface area contributed by atoms with Crippen molar-refractivity contribution in [3.05, 3.63) is 11.3 Å². The first-order valence-corrected chi connectivity index (χ1v) is 5.11. The van der Waals surface area contributed by atoms with Gasteiger partial charge in [-0.3, -0.25) is 15.0 Å². The number of allylic oxidation sites excluding steroid dienone is 2. The molecule has 0 radical (unpaired) electrons. The average molecular weight is 261 g/mol. The fourth-order valence-corrected chi connectivity index (χ4v) is 1.56. The molecular weight excluding hydrogens is 251 g/mol. The van der Waals surface area contributed by atoms with Gasteiger partial charge in [0, 0.05) is 11.3 Å². The lowest BCUT2D eigenvalue weighted by Crippen LogP contribution is -2.37. The first-order valence-electron chi connectivity index (χ1n) is 5.11. The molecule has 0 aromatic rings. The number of carbonyl (C=O) groups is 2. The molecule has 1 rings (SSSR count). The van der Waals surface area contributed by atoms with Crippen molar-refractivity contribution >= 4 is 11.7 Å². The Bertz CT molecular complexity index is 435. The van der Waals surface area contributed by atoms with Crippen molar-refractivity contribution in [2.75, 3.05) is 0 Å². The van der Waals surface area contributed by atoms with Gasteiger partial charge in [-0.1, -0.05) is 0 Å². The van der Waals surface area contributed by atoms with Gasteiger partial charge < -0.3 is 5.43 Å². The molecule has 2 N–H and O–H groups in total. The zero-order valence-electron chi connectivity index (χ0n) is 9.23. The summed E-state index contributed by atoms with van der Waals surface area (Å²) in [4.78, 5) is 22.0. The van der Waals surface area contributed by atoms with E-state index in [0.29, 0.717) is 6.42 Å². The van der Waals surface area contributed by atoms with Crippen LogP contribution in [0.5, 0.6) is 0 Å². The zero-order valence-corrected chi connectivity index (χ0v) is 9.23. The van der Waals surface area contributed by atoms with E-state index in [2.05, 4.69) is 10.9 Å². The minimum absolute atomic E-state index is 0.0226. The van der Waals surface area contributed by atoms with E-state index in [1.165, 1.54) is 0 Å². The second kappa shape index (κ2) is 5.53. The molecule has 18 heavy (non-hydrogen) atoms. The lowest BCUT2D eigenvalue weighted by Gasteiger charge is -2.11. The fourth-order valence-electron chi connectivity index (χ4n) is 1.56. The molecule has 0 aromatic heterocycles. The highest BCUT2D eigenvalue weighted by molar-refractivity contribution is 6.00. The molecule has 0 atom stereocenters. The average Bonchev–Trinajstić information content (AvgIpc) is 2.72. The number of nitriles is 1. The maximum absolute atomic E-state index is 12.3. The van der Waals surface area contributed by atoms with E-state index in [-0.39, 0.29) is 24.1 Å². The van der Waals surface area contributed by atoms with Gasteiger partial charge in [0.2, 0.25) is 0 Å². The Balaban J connectivity index is 2.71. The van der Waals surface area contributed by atoms with Gasteiger partial charge in [-0.25, -0.2) is 0 Å². The second-order valence-corrected chi connectivity index (χ2v) is 3.65. The van der Waals surface area contributed by atoms with E-state index in [1.807, 2.05) is 0 Å². The Labute approximate surface area is 101 Å². The number of Topliss-reactive ketones (excluding diaryl/α,β-unsaturated/α-hetero) is 1. The number of hydrazine groups is 1. The summed E-state index contributed by atoms with van der Waals surface area (Å²) in [5.41, 5.74) is 4.05. The van der Waals surface area contributed by atoms with Gasteiger partial charge >= 0.3 is 6.18 Å². The molecule has 0 bridgehead atoms. The lowest BCUT2D eigenvalue weighted by molar-refractivity contribution is -0.166. The molecule has 0 spiro atoms. The van der Waals surface area contributed by atoms with Crippen molar-refractivity contribution in [1.82, 2.24) is 10.9 Å². The summed E-state index contributed by atoms with van der Waals surface area (Å²) in [6, 6.07) is 1.59. The number of rotatable bonds is 4. The van der Waals surface area contributed by atoms with Crippen LogP contribution in [0.1, 0.15) is 25.7 Å². The smallest absolute Gasteiger partial charge is 0.302 e. The third-order valence-corrected chi connectivity index (χ3v) is 2.34. The summed E-state index contributed by atoms with van der Waals surface area (Å²) in [7, 11) is 0. The Hall–Kier alpha value is -2.04. The third kappa shape index (κ3) is 3.48. The van der Waals surface area contributed by atoms with Crippen molar-refractivity contribution in [2.24, 2.45) is 0 Å². The summed E-state index contributed by atoms with van der Waals surface area (Å²) in [5.74, 6) is -2.56. The van der Waals surface area contributed by atoms with Crippen LogP contribution >= 0.6 is 0 Å². The highest BCUT2D eigenvalue weighted by Crippen LogP contribution is 2.30. The maximum atomic E-state index is 12.3. The number of nitrogens with one attached hydrogen (secondary N) is 2. The van der Waals surface area contributed by atoms with E-state index in [1.54, 1.807) is 6.07 Å². The summed E-state index contributed by atoms with van der Waals surface area (Å²) < 4.78 is 36.8. The number of halogens is 3. The van der Waals surface area contributed by atoms with Gasteiger partial charge in [-0.05, 0) is 19.3 Å². The van der Waals surface area contributed by atoms with E-state index in [0.717, 1.165) is 0 Å². The summed E-state index contributed by atoms with van der Waals surface area (Å²) in [5, 5.41) is 8.22.